The molecule has 1 unspecified atom stereocenters. The number of hydrogen-bond acceptors (Lipinski definition) is 3. The van der Waals surface area contributed by atoms with E-state index < -0.39 is 5.60 Å². The first-order valence-electron chi connectivity index (χ1n) is 6.26. The molecule has 0 spiro atoms. The lowest BCUT2D eigenvalue weighted by molar-refractivity contribution is 0.0885. The lowest BCUT2D eigenvalue weighted by Gasteiger charge is -2.26. The number of aromatic nitrogens is 2. The predicted molar refractivity (Wildman–Crippen MR) is 86.9 cm³/mol. The summed E-state index contributed by atoms with van der Waals surface area (Å²) in [7, 11) is 1.61. The van der Waals surface area contributed by atoms with Gasteiger partial charge in [0.1, 0.15) is 5.60 Å². The summed E-state index contributed by atoms with van der Waals surface area (Å²) in [6, 6.07) is 5.31. The third kappa shape index (κ3) is 3.43. The summed E-state index contributed by atoms with van der Waals surface area (Å²) < 4.78 is 7.52. The quantitative estimate of drug-likeness (QED) is 0.838. The Morgan fingerprint density at radius 3 is 2.71 bits per heavy atom. The molecule has 1 atom stereocenters. The van der Waals surface area contributed by atoms with Crippen molar-refractivity contribution in [3.63, 3.8) is 0 Å². The smallest absolute Gasteiger partial charge is 0.131 e. The fourth-order valence-electron chi connectivity index (χ4n) is 2.21. The molecule has 0 aliphatic heterocycles. The standard InChI is InChI=1S/C14H15BrCl2N2O2/c1-14(20,10-4-3-9(15)7-11(10)16)13-12(17)8-18-19(13)5-6-21-2/h3-4,7-8,20H,5-6H2,1-2H3. The molecule has 0 saturated heterocycles. The van der Waals surface area contributed by atoms with Crippen LogP contribution in [0.25, 0.3) is 0 Å². The molecular formula is C14H15BrCl2N2O2. The van der Waals surface area contributed by atoms with E-state index >= 15 is 0 Å². The Kier molecular flexibility index (Phi) is 5.33. The highest BCUT2D eigenvalue weighted by molar-refractivity contribution is 9.10. The highest BCUT2D eigenvalue weighted by atomic mass is 79.9. The lowest BCUT2D eigenvalue weighted by atomic mass is 9.92. The average Bonchev–Trinajstić information content (AvgIpc) is 2.77. The molecule has 0 fully saturated rings. The van der Waals surface area contributed by atoms with Crippen molar-refractivity contribution in [1.29, 1.82) is 0 Å². The van der Waals surface area contributed by atoms with Gasteiger partial charge in [-0.3, -0.25) is 4.68 Å². The first-order valence-corrected chi connectivity index (χ1v) is 7.81. The van der Waals surface area contributed by atoms with Crippen LogP contribution in [0.5, 0.6) is 0 Å². The van der Waals surface area contributed by atoms with Gasteiger partial charge in [-0.25, -0.2) is 0 Å². The number of nitrogens with zero attached hydrogens (tertiary/aromatic N) is 2. The van der Waals surface area contributed by atoms with Gasteiger partial charge in [0, 0.05) is 22.2 Å². The third-order valence-electron chi connectivity index (χ3n) is 3.22. The Balaban J connectivity index is 2.50. The molecule has 114 valence electrons. The van der Waals surface area contributed by atoms with Crippen molar-refractivity contribution < 1.29 is 9.84 Å². The first-order chi connectivity index (χ1) is 9.87. The van der Waals surface area contributed by atoms with E-state index in [9.17, 15) is 5.11 Å². The molecule has 0 bridgehead atoms. The van der Waals surface area contributed by atoms with Crippen LogP contribution in [0.1, 0.15) is 18.2 Å². The molecule has 0 amide bonds. The van der Waals surface area contributed by atoms with Crippen LogP contribution in [0, 0.1) is 0 Å². The predicted octanol–water partition coefficient (Wildman–Crippen LogP) is 3.85. The van der Waals surface area contributed by atoms with Gasteiger partial charge in [0.2, 0.25) is 0 Å². The van der Waals surface area contributed by atoms with Crippen molar-refractivity contribution >= 4 is 39.1 Å². The van der Waals surface area contributed by atoms with Crippen molar-refractivity contribution in [2.45, 2.75) is 19.1 Å². The summed E-state index contributed by atoms with van der Waals surface area (Å²) in [6.07, 6.45) is 1.51. The summed E-state index contributed by atoms with van der Waals surface area (Å²) in [6.45, 7) is 2.60. The van der Waals surface area contributed by atoms with E-state index in [0.717, 1.165) is 4.47 Å². The van der Waals surface area contributed by atoms with Crippen LogP contribution in [0.2, 0.25) is 10.0 Å². The van der Waals surface area contributed by atoms with Crippen LogP contribution in [0.15, 0.2) is 28.9 Å². The number of rotatable bonds is 5. The number of aliphatic hydroxyl groups is 1. The fraction of sp³-hybridized carbons (Fsp3) is 0.357. The number of halogens is 3. The van der Waals surface area contributed by atoms with Crippen molar-refractivity contribution in [3.05, 3.63) is 50.2 Å². The zero-order valence-electron chi connectivity index (χ0n) is 11.6. The van der Waals surface area contributed by atoms with E-state index in [4.69, 9.17) is 27.9 Å². The minimum Gasteiger partial charge on any atom is -0.383 e. The minimum absolute atomic E-state index is 0.384. The number of benzene rings is 1. The van der Waals surface area contributed by atoms with Crippen LogP contribution < -0.4 is 0 Å². The molecule has 21 heavy (non-hydrogen) atoms. The van der Waals surface area contributed by atoms with Crippen LogP contribution in [0.3, 0.4) is 0 Å². The van der Waals surface area contributed by atoms with Gasteiger partial charge in [-0.1, -0.05) is 45.2 Å². The molecule has 1 heterocycles. The van der Waals surface area contributed by atoms with Gasteiger partial charge in [-0.15, -0.1) is 0 Å². The van der Waals surface area contributed by atoms with E-state index in [0.29, 0.717) is 34.5 Å². The number of hydrogen-bond donors (Lipinski definition) is 1. The van der Waals surface area contributed by atoms with Gasteiger partial charge in [0.25, 0.3) is 0 Å². The zero-order valence-corrected chi connectivity index (χ0v) is 14.7. The van der Waals surface area contributed by atoms with E-state index in [-0.39, 0.29) is 0 Å². The summed E-state index contributed by atoms with van der Waals surface area (Å²) in [5.74, 6) is 0. The van der Waals surface area contributed by atoms with E-state index in [1.165, 1.54) is 6.20 Å². The monoisotopic (exact) mass is 392 g/mol. The Morgan fingerprint density at radius 1 is 1.38 bits per heavy atom. The van der Waals surface area contributed by atoms with Crippen LogP contribution in [-0.2, 0) is 16.9 Å². The second kappa shape index (κ2) is 6.67. The maximum absolute atomic E-state index is 11.0. The molecule has 1 N–H and O–H groups in total. The zero-order chi connectivity index (χ0) is 15.6. The van der Waals surface area contributed by atoms with Gasteiger partial charge in [-0.05, 0) is 19.1 Å². The largest absolute Gasteiger partial charge is 0.383 e. The molecular weight excluding hydrogens is 379 g/mol. The summed E-state index contributed by atoms with van der Waals surface area (Å²) >= 11 is 15.8. The van der Waals surface area contributed by atoms with Gasteiger partial charge >= 0.3 is 0 Å². The van der Waals surface area contributed by atoms with E-state index in [1.807, 2.05) is 6.07 Å². The summed E-state index contributed by atoms with van der Waals surface area (Å²) in [5.41, 5.74) is -0.307. The molecule has 0 aliphatic rings. The Labute approximate surface area is 141 Å². The Hall–Kier alpha value is -0.590. The van der Waals surface area contributed by atoms with Crippen molar-refractivity contribution in [2.75, 3.05) is 13.7 Å². The maximum Gasteiger partial charge on any atom is 0.131 e. The van der Waals surface area contributed by atoms with Gasteiger partial charge in [0.15, 0.2) is 0 Å². The van der Waals surface area contributed by atoms with Crippen LogP contribution in [-0.4, -0.2) is 28.6 Å². The molecule has 1 aromatic carbocycles. The van der Waals surface area contributed by atoms with Gasteiger partial charge in [-0.2, -0.15) is 5.10 Å². The van der Waals surface area contributed by atoms with Gasteiger partial charge < -0.3 is 9.84 Å². The van der Waals surface area contributed by atoms with E-state index in [1.54, 1.807) is 30.8 Å². The van der Waals surface area contributed by atoms with Crippen molar-refractivity contribution in [1.82, 2.24) is 9.78 Å². The minimum atomic E-state index is -1.36. The molecule has 7 heteroatoms. The highest BCUT2D eigenvalue weighted by Crippen LogP contribution is 2.38. The van der Waals surface area contributed by atoms with Crippen molar-refractivity contribution in [3.8, 4) is 0 Å². The second-order valence-corrected chi connectivity index (χ2v) is 6.48. The molecule has 4 nitrogen and oxygen atoms in total. The Morgan fingerprint density at radius 2 is 2.10 bits per heavy atom. The molecule has 2 rings (SSSR count). The third-order valence-corrected chi connectivity index (χ3v) is 4.30. The second-order valence-electron chi connectivity index (χ2n) is 4.75. The van der Waals surface area contributed by atoms with Crippen LogP contribution in [0.4, 0.5) is 0 Å². The summed E-state index contributed by atoms with van der Waals surface area (Å²) in [5, 5.41) is 16.0. The molecule has 1 aromatic heterocycles. The SMILES string of the molecule is COCCn1ncc(Cl)c1C(C)(O)c1ccc(Br)cc1Cl. The normalized spacial score (nSPS) is 14.2. The highest BCUT2D eigenvalue weighted by Gasteiger charge is 2.34. The fourth-order valence-corrected chi connectivity index (χ4v) is 3.39. The molecule has 2 aromatic rings. The molecule has 0 aliphatic carbocycles. The first kappa shape index (κ1) is 16.8. The van der Waals surface area contributed by atoms with Gasteiger partial charge in [0.05, 0.1) is 30.1 Å². The average molecular weight is 394 g/mol. The maximum atomic E-state index is 11.0. The number of methoxy groups -OCH3 is 1. The number of ether oxygens (including phenoxy) is 1. The van der Waals surface area contributed by atoms with E-state index in [2.05, 4.69) is 21.0 Å². The molecule has 0 radical (unpaired) electrons. The lowest BCUT2D eigenvalue weighted by Crippen LogP contribution is -2.28. The Bertz CT molecular complexity index is 644. The topological polar surface area (TPSA) is 47.3 Å². The van der Waals surface area contributed by atoms with Crippen LogP contribution >= 0.6 is 39.1 Å². The summed E-state index contributed by atoms with van der Waals surface area (Å²) in [4.78, 5) is 0. The van der Waals surface area contributed by atoms with Crippen molar-refractivity contribution in [2.24, 2.45) is 0 Å². The molecule has 0 saturated carbocycles.